The van der Waals surface area contributed by atoms with E-state index in [1.54, 1.807) is 30.8 Å². The molecule has 0 saturated heterocycles. The fraction of sp³-hybridized carbons (Fsp3) is 0.353. The maximum absolute atomic E-state index is 12.8. The number of rotatable bonds is 7. The van der Waals surface area contributed by atoms with Gasteiger partial charge >= 0.3 is 5.97 Å². The molecule has 2 aromatic rings. The topological polar surface area (TPSA) is 73.2 Å². The van der Waals surface area contributed by atoms with Crippen molar-refractivity contribution in [2.24, 2.45) is 7.05 Å². The van der Waals surface area contributed by atoms with Crippen LogP contribution in [-0.4, -0.2) is 34.0 Å². The molecule has 1 aromatic heterocycles. The minimum atomic E-state index is -0.454. The Kier molecular flexibility index (Phi) is 6.58. The number of carbonyl (C=O) groups excluding carboxylic acids is 2. The van der Waals surface area contributed by atoms with Gasteiger partial charge in [-0.1, -0.05) is 0 Å². The van der Waals surface area contributed by atoms with Crippen molar-refractivity contribution < 1.29 is 18.7 Å². The van der Waals surface area contributed by atoms with Gasteiger partial charge in [-0.05, 0) is 38.1 Å². The van der Waals surface area contributed by atoms with Crippen molar-refractivity contribution in [3.8, 4) is 0 Å². The molecule has 1 heterocycles. The average Bonchev–Trinajstić information content (AvgIpc) is 2.81. The van der Waals surface area contributed by atoms with Crippen LogP contribution in [0.2, 0.25) is 0 Å². The zero-order chi connectivity index (χ0) is 18.4. The van der Waals surface area contributed by atoms with Gasteiger partial charge in [0.1, 0.15) is 5.82 Å². The number of thioether (sulfide) groups is 1. The van der Waals surface area contributed by atoms with Gasteiger partial charge in [-0.15, -0.1) is 11.8 Å². The zero-order valence-electron chi connectivity index (χ0n) is 14.3. The number of ether oxygens (including phenoxy) is 1. The maximum Gasteiger partial charge on any atom is 0.307 e. The third-order valence-electron chi connectivity index (χ3n) is 3.53. The first-order chi connectivity index (χ1) is 11.9. The third-order valence-corrected chi connectivity index (χ3v) is 4.54. The number of amides is 1. The lowest BCUT2D eigenvalue weighted by atomic mass is 10.3. The number of halogens is 1. The molecule has 0 spiro atoms. The number of hydrogen-bond donors (Lipinski definition) is 1. The van der Waals surface area contributed by atoms with Crippen molar-refractivity contribution in [1.29, 1.82) is 0 Å². The maximum atomic E-state index is 12.8. The Labute approximate surface area is 149 Å². The molecule has 134 valence electrons. The lowest BCUT2D eigenvalue weighted by Gasteiger charge is -2.07. The first-order valence-electron chi connectivity index (χ1n) is 7.71. The number of aromatic nitrogens is 2. The number of hydrogen-bond acceptors (Lipinski definition) is 5. The molecule has 0 bridgehead atoms. The van der Waals surface area contributed by atoms with Crippen LogP contribution < -0.4 is 5.32 Å². The summed E-state index contributed by atoms with van der Waals surface area (Å²) in [4.78, 5) is 24.5. The third kappa shape index (κ3) is 5.60. The van der Waals surface area contributed by atoms with Crippen molar-refractivity contribution in [2.75, 3.05) is 17.7 Å². The van der Waals surface area contributed by atoms with E-state index in [2.05, 4.69) is 10.4 Å². The predicted octanol–water partition coefficient (Wildman–Crippen LogP) is 2.84. The van der Waals surface area contributed by atoms with E-state index in [-0.39, 0.29) is 18.8 Å². The Morgan fingerprint density at radius 3 is 2.56 bits per heavy atom. The van der Waals surface area contributed by atoms with Crippen LogP contribution in [0.1, 0.15) is 17.8 Å². The van der Waals surface area contributed by atoms with Crippen molar-refractivity contribution in [2.45, 2.75) is 25.2 Å². The summed E-state index contributed by atoms with van der Waals surface area (Å²) in [5.41, 5.74) is 2.17. The second kappa shape index (κ2) is 8.66. The Morgan fingerprint density at radius 1 is 1.28 bits per heavy atom. The van der Waals surface area contributed by atoms with E-state index >= 15 is 0 Å². The van der Waals surface area contributed by atoms with Crippen molar-refractivity contribution in [3.63, 3.8) is 0 Å². The number of nitrogens with zero attached hydrogens (tertiary/aromatic N) is 2. The van der Waals surface area contributed by atoms with Gasteiger partial charge in [-0.25, -0.2) is 4.39 Å². The van der Waals surface area contributed by atoms with Crippen LogP contribution in [0.4, 0.5) is 10.1 Å². The van der Waals surface area contributed by atoms with Crippen LogP contribution in [0.5, 0.6) is 0 Å². The predicted molar refractivity (Wildman–Crippen MR) is 94.0 cm³/mol. The molecule has 0 aliphatic carbocycles. The van der Waals surface area contributed by atoms with E-state index in [4.69, 9.17) is 4.74 Å². The van der Waals surface area contributed by atoms with Crippen LogP contribution in [-0.2, 0) is 21.4 Å². The molecule has 1 amide bonds. The Morgan fingerprint density at radius 2 is 1.96 bits per heavy atom. The molecule has 0 atom stereocenters. The molecule has 1 aromatic carbocycles. The highest BCUT2D eigenvalue weighted by atomic mass is 32.2. The normalized spacial score (nSPS) is 10.6. The molecule has 1 N–H and O–H groups in total. The van der Waals surface area contributed by atoms with Crippen molar-refractivity contribution in [1.82, 2.24) is 9.78 Å². The number of carbonyl (C=O) groups is 2. The van der Waals surface area contributed by atoms with Crippen molar-refractivity contribution in [3.05, 3.63) is 41.5 Å². The molecule has 0 fully saturated rings. The number of nitrogens with one attached hydrogen (secondary N) is 1. The van der Waals surface area contributed by atoms with Gasteiger partial charge < -0.3 is 10.1 Å². The van der Waals surface area contributed by atoms with E-state index in [9.17, 15) is 14.0 Å². The summed E-state index contributed by atoms with van der Waals surface area (Å²) in [6.45, 7) is 3.30. The van der Waals surface area contributed by atoms with Crippen LogP contribution in [0, 0.1) is 19.7 Å². The fourth-order valence-corrected chi connectivity index (χ4v) is 2.96. The minimum Gasteiger partial charge on any atom is -0.456 e. The van der Waals surface area contributed by atoms with Gasteiger partial charge in [0.25, 0.3) is 5.91 Å². The summed E-state index contributed by atoms with van der Waals surface area (Å²) in [5.74, 6) is -0.663. The fourth-order valence-electron chi connectivity index (χ4n) is 2.13. The van der Waals surface area contributed by atoms with Gasteiger partial charge in [0.15, 0.2) is 6.61 Å². The molecule has 0 radical (unpaired) electrons. The summed E-state index contributed by atoms with van der Waals surface area (Å²) in [6, 6.07) is 6.04. The second-order valence-electron chi connectivity index (χ2n) is 5.43. The highest BCUT2D eigenvalue weighted by molar-refractivity contribution is 7.99. The van der Waals surface area contributed by atoms with Crippen LogP contribution >= 0.6 is 11.8 Å². The van der Waals surface area contributed by atoms with Gasteiger partial charge in [-0.3, -0.25) is 14.3 Å². The molecule has 0 aliphatic heterocycles. The number of benzene rings is 1. The molecule has 2 rings (SSSR count). The Balaban J connectivity index is 1.70. The quantitative estimate of drug-likeness (QED) is 0.603. The van der Waals surface area contributed by atoms with Gasteiger partial charge in [0.05, 0.1) is 23.5 Å². The van der Waals surface area contributed by atoms with Crippen molar-refractivity contribution >= 4 is 29.3 Å². The van der Waals surface area contributed by atoms with Crippen LogP contribution in [0.15, 0.2) is 29.2 Å². The standard InChI is InChI=1S/C17H20FN3O3S/c1-11-17(12(2)21(3)20-11)19-15(22)10-24-16(23)8-9-25-14-6-4-13(18)5-7-14/h4-7H,8-10H2,1-3H3,(H,19,22). The Hall–Kier alpha value is -2.35. The molecule has 25 heavy (non-hydrogen) atoms. The Bertz CT molecular complexity index is 759. The van der Waals surface area contributed by atoms with E-state index in [1.807, 2.05) is 6.92 Å². The lowest BCUT2D eigenvalue weighted by Crippen LogP contribution is -2.21. The van der Waals surface area contributed by atoms with E-state index in [0.717, 1.165) is 10.6 Å². The van der Waals surface area contributed by atoms with Gasteiger partial charge in [-0.2, -0.15) is 5.10 Å². The highest BCUT2D eigenvalue weighted by Gasteiger charge is 2.14. The summed E-state index contributed by atoms with van der Waals surface area (Å²) in [6.07, 6.45) is 0.167. The first kappa shape index (κ1) is 19.0. The second-order valence-corrected chi connectivity index (χ2v) is 6.60. The molecule has 0 unspecified atom stereocenters. The summed E-state index contributed by atoms with van der Waals surface area (Å²) in [7, 11) is 1.79. The highest BCUT2D eigenvalue weighted by Crippen LogP contribution is 2.19. The zero-order valence-corrected chi connectivity index (χ0v) is 15.2. The molecule has 8 heteroatoms. The van der Waals surface area contributed by atoms with E-state index in [1.165, 1.54) is 23.9 Å². The lowest BCUT2D eigenvalue weighted by molar-refractivity contribution is -0.146. The number of aryl methyl sites for hydroxylation is 2. The van der Waals surface area contributed by atoms with Gasteiger partial charge in [0, 0.05) is 17.7 Å². The summed E-state index contributed by atoms with van der Waals surface area (Å²) in [5, 5.41) is 6.90. The number of anilines is 1. The molecule has 0 aliphatic rings. The monoisotopic (exact) mass is 365 g/mol. The van der Waals surface area contributed by atoms with Crippen LogP contribution in [0.3, 0.4) is 0 Å². The minimum absolute atomic E-state index is 0.167. The molecular formula is C17H20FN3O3S. The number of esters is 1. The molecular weight excluding hydrogens is 345 g/mol. The van der Waals surface area contributed by atoms with Crippen LogP contribution in [0.25, 0.3) is 0 Å². The van der Waals surface area contributed by atoms with E-state index in [0.29, 0.717) is 17.1 Å². The largest absolute Gasteiger partial charge is 0.456 e. The first-order valence-corrected chi connectivity index (χ1v) is 8.69. The summed E-state index contributed by atoms with van der Waals surface area (Å²) < 4.78 is 19.4. The molecule has 0 saturated carbocycles. The smallest absolute Gasteiger partial charge is 0.307 e. The van der Waals surface area contributed by atoms with Gasteiger partial charge in [0.2, 0.25) is 0 Å². The molecule has 6 nitrogen and oxygen atoms in total. The average molecular weight is 365 g/mol. The van der Waals surface area contributed by atoms with E-state index < -0.39 is 11.9 Å². The SMILES string of the molecule is Cc1nn(C)c(C)c1NC(=O)COC(=O)CCSc1ccc(F)cc1. The summed E-state index contributed by atoms with van der Waals surface area (Å²) >= 11 is 1.42.